The van der Waals surface area contributed by atoms with E-state index in [1.807, 2.05) is 6.92 Å². The molecule has 1 saturated carbocycles. The molecule has 0 radical (unpaired) electrons. The molecule has 1 aliphatic rings. The van der Waals surface area contributed by atoms with Crippen LogP contribution in [0.25, 0.3) is 0 Å². The van der Waals surface area contributed by atoms with Crippen LogP contribution < -0.4 is 0 Å². The molecule has 1 N–H and O–H groups in total. The van der Waals surface area contributed by atoms with Crippen LogP contribution in [0.3, 0.4) is 0 Å². The lowest BCUT2D eigenvalue weighted by Gasteiger charge is -2.16. The third-order valence-corrected chi connectivity index (χ3v) is 2.42. The zero-order chi connectivity index (χ0) is 8.48. The maximum Gasteiger partial charge on any atom is 0.109 e. The largest absolute Gasteiger partial charge is 0.390 e. The molecular formula is C8H15FO2. The van der Waals surface area contributed by atoms with Crippen LogP contribution in [-0.4, -0.2) is 30.6 Å². The van der Waals surface area contributed by atoms with Crippen LogP contribution in [-0.2, 0) is 4.74 Å². The second kappa shape index (κ2) is 3.07. The maximum absolute atomic E-state index is 12.6. The van der Waals surface area contributed by atoms with Crippen LogP contribution in [0.5, 0.6) is 0 Å². The van der Waals surface area contributed by atoms with Crippen LogP contribution >= 0.6 is 0 Å². The van der Waals surface area contributed by atoms with Crippen molar-refractivity contribution in [1.29, 1.82) is 0 Å². The molecule has 1 aliphatic carbocycles. The van der Waals surface area contributed by atoms with E-state index in [-0.39, 0.29) is 6.61 Å². The van der Waals surface area contributed by atoms with E-state index in [0.717, 1.165) is 0 Å². The molecular weight excluding hydrogens is 147 g/mol. The molecule has 2 nitrogen and oxygen atoms in total. The fraction of sp³-hybridized carbons (Fsp3) is 1.00. The van der Waals surface area contributed by atoms with E-state index in [0.29, 0.717) is 13.0 Å². The van der Waals surface area contributed by atoms with Crippen molar-refractivity contribution in [3.05, 3.63) is 0 Å². The lowest BCUT2D eigenvalue weighted by molar-refractivity contribution is -0.00173. The first-order valence-electron chi connectivity index (χ1n) is 4.01. The van der Waals surface area contributed by atoms with Gasteiger partial charge in [-0.25, -0.2) is 4.39 Å². The van der Waals surface area contributed by atoms with Crippen LogP contribution in [0.1, 0.15) is 20.3 Å². The lowest BCUT2D eigenvalue weighted by Crippen LogP contribution is -2.26. The molecule has 1 rings (SSSR count). The minimum atomic E-state index is -0.835. The van der Waals surface area contributed by atoms with Crippen molar-refractivity contribution in [2.75, 3.05) is 13.2 Å². The first kappa shape index (κ1) is 8.94. The highest BCUT2D eigenvalue weighted by molar-refractivity contribution is 5.04. The molecule has 0 amide bonds. The van der Waals surface area contributed by atoms with E-state index in [1.165, 1.54) is 0 Å². The van der Waals surface area contributed by atoms with Gasteiger partial charge in [0.2, 0.25) is 0 Å². The van der Waals surface area contributed by atoms with E-state index in [1.54, 1.807) is 6.92 Å². The van der Waals surface area contributed by atoms with E-state index in [4.69, 9.17) is 4.74 Å². The highest BCUT2D eigenvalue weighted by Crippen LogP contribution is 2.50. The zero-order valence-electron chi connectivity index (χ0n) is 7.01. The molecule has 0 aliphatic heterocycles. The molecule has 3 heteroatoms. The normalized spacial score (nSPS) is 38.7. The Labute approximate surface area is 66.4 Å². The summed E-state index contributed by atoms with van der Waals surface area (Å²) in [4.78, 5) is 0. The molecule has 3 atom stereocenters. The van der Waals surface area contributed by atoms with Gasteiger partial charge < -0.3 is 9.84 Å². The Morgan fingerprint density at radius 3 is 2.73 bits per heavy atom. The van der Waals surface area contributed by atoms with Gasteiger partial charge in [-0.2, -0.15) is 0 Å². The average molecular weight is 162 g/mol. The van der Waals surface area contributed by atoms with E-state index in [2.05, 4.69) is 0 Å². The minimum absolute atomic E-state index is 0.257. The van der Waals surface area contributed by atoms with Crippen molar-refractivity contribution in [3.63, 3.8) is 0 Å². The number of rotatable bonds is 4. The second-order valence-corrected chi connectivity index (χ2v) is 3.35. The van der Waals surface area contributed by atoms with Crippen LogP contribution in [0.15, 0.2) is 0 Å². The monoisotopic (exact) mass is 162 g/mol. The summed E-state index contributed by atoms with van der Waals surface area (Å²) < 4.78 is 17.6. The highest BCUT2D eigenvalue weighted by atomic mass is 19.1. The van der Waals surface area contributed by atoms with Gasteiger partial charge in [-0.05, 0) is 13.3 Å². The SMILES string of the molecule is CCOCC(O)C1(C)CC1F. The number of hydrogen-bond donors (Lipinski definition) is 1. The first-order chi connectivity index (χ1) is 5.11. The smallest absolute Gasteiger partial charge is 0.109 e. The zero-order valence-corrected chi connectivity index (χ0v) is 7.01. The summed E-state index contributed by atoms with van der Waals surface area (Å²) in [5.41, 5.74) is -0.519. The number of aliphatic hydroxyl groups excluding tert-OH is 1. The Morgan fingerprint density at radius 1 is 1.82 bits per heavy atom. The van der Waals surface area contributed by atoms with Gasteiger partial charge in [0.05, 0.1) is 12.7 Å². The lowest BCUT2D eigenvalue weighted by atomic mass is 10.0. The molecule has 0 aromatic rings. The highest BCUT2D eigenvalue weighted by Gasteiger charge is 2.56. The molecule has 11 heavy (non-hydrogen) atoms. The van der Waals surface area contributed by atoms with Gasteiger partial charge in [0.25, 0.3) is 0 Å². The molecule has 0 bridgehead atoms. The average Bonchev–Trinajstić information content (AvgIpc) is 2.56. The third kappa shape index (κ3) is 1.71. The predicted molar refractivity (Wildman–Crippen MR) is 40.1 cm³/mol. The number of halogens is 1. The van der Waals surface area contributed by atoms with E-state index >= 15 is 0 Å². The molecule has 66 valence electrons. The summed E-state index contributed by atoms with van der Waals surface area (Å²) in [6.07, 6.45) is -1.00. The van der Waals surface area contributed by atoms with Gasteiger partial charge >= 0.3 is 0 Å². The molecule has 0 heterocycles. The van der Waals surface area contributed by atoms with Gasteiger partial charge in [0.15, 0.2) is 0 Å². The Bertz CT molecular complexity index is 140. The summed E-state index contributed by atoms with van der Waals surface area (Å²) >= 11 is 0. The molecule has 0 saturated heterocycles. The van der Waals surface area contributed by atoms with E-state index < -0.39 is 17.7 Å². The van der Waals surface area contributed by atoms with Crippen LogP contribution in [0.2, 0.25) is 0 Å². The quantitative estimate of drug-likeness (QED) is 0.671. The summed E-state index contributed by atoms with van der Waals surface area (Å²) in [5, 5.41) is 9.38. The first-order valence-corrected chi connectivity index (χ1v) is 4.01. The molecule has 0 aromatic carbocycles. The standard InChI is InChI=1S/C8H15FO2/c1-3-11-5-7(10)8(2)4-6(8)9/h6-7,10H,3-5H2,1-2H3. The van der Waals surface area contributed by atoms with Gasteiger partial charge in [0, 0.05) is 12.0 Å². The van der Waals surface area contributed by atoms with Gasteiger partial charge in [-0.15, -0.1) is 0 Å². The van der Waals surface area contributed by atoms with Crippen LogP contribution in [0.4, 0.5) is 4.39 Å². The number of ether oxygens (including phenoxy) is 1. The van der Waals surface area contributed by atoms with Crippen molar-refractivity contribution in [2.45, 2.75) is 32.5 Å². The minimum Gasteiger partial charge on any atom is -0.390 e. The van der Waals surface area contributed by atoms with Crippen molar-refractivity contribution >= 4 is 0 Å². The van der Waals surface area contributed by atoms with Gasteiger partial charge in [-0.3, -0.25) is 0 Å². The number of hydrogen-bond acceptors (Lipinski definition) is 2. The molecule has 3 unspecified atom stereocenters. The Balaban J connectivity index is 2.25. The number of aliphatic hydroxyl groups is 1. The topological polar surface area (TPSA) is 29.5 Å². The summed E-state index contributed by atoms with van der Waals surface area (Å²) in [6, 6.07) is 0. The fourth-order valence-electron chi connectivity index (χ4n) is 1.09. The maximum atomic E-state index is 12.6. The third-order valence-electron chi connectivity index (χ3n) is 2.42. The Morgan fingerprint density at radius 2 is 2.36 bits per heavy atom. The van der Waals surface area contributed by atoms with Crippen molar-refractivity contribution < 1.29 is 14.2 Å². The Hall–Kier alpha value is -0.150. The van der Waals surface area contributed by atoms with Gasteiger partial charge in [-0.1, -0.05) is 6.92 Å². The van der Waals surface area contributed by atoms with E-state index in [9.17, 15) is 9.50 Å². The summed E-state index contributed by atoms with van der Waals surface area (Å²) in [6.45, 7) is 4.44. The fourth-order valence-corrected chi connectivity index (χ4v) is 1.09. The van der Waals surface area contributed by atoms with Crippen molar-refractivity contribution in [2.24, 2.45) is 5.41 Å². The molecule has 0 aromatic heterocycles. The Kier molecular flexibility index (Phi) is 2.50. The summed E-state index contributed by atoms with van der Waals surface area (Å²) in [7, 11) is 0. The van der Waals surface area contributed by atoms with Crippen molar-refractivity contribution in [1.82, 2.24) is 0 Å². The van der Waals surface area contributed by atoms with Crippen LogP contribution in [0, 0.1) is 5.41 Å². The number of alkyl halides is 1. The van der Waals surface area contributed by atoms with Gasteiger partial charge in [0.1, 0.15) is 6.17 Å². The predicted octanol–water partition coefficient (Wildman–Crippen LogP) is 1.13. The molecule has 0 spiro atoms. The molecule has 1 fully saturated rings. The second-order valence-electron chi connectivity index (χ2n) is 3.35. The summed E-state index contributed by atoms with van der Waals surface area (Å²) in [5.74, 6) is 0. The van der Waals surface area contributed by atoms with Crippen molar-refractivity contribution in [3.8, 4) is 0 Å².